The van der Waals surface area contributed by atoms with Gasteiger partial charge < -0.3 is 35.1 Å². The lowest BCUT2D eigenvalue weighted by Crippen LogP contribution is -2.60. The molecule has 1 aromatic carbocycles. The predicted octanol–water partition coefficient (Wildman–Crippen LogP) is 0.632. The molecular formula is C36H45FN6O12S. The second-order valence-corrected chi connectivity index (χ2v) is 17.6. The monoisotopic (exact) mass is 804 g/mol. The Labute approximate surface area is 322 Å². The number of carbonyl (C=O) groups is 7. The predicted molar refractivity (Wildman–Crippen MR) is 191 cm³/mol. The number of esters is 1. The van der Waals surface area contributed by atoms with Crippen LogP contribution in [0.5, 0.6) is 0 Å². The van der Waals surface area contributed by atoms with Gasteiger partial charge in [-0.15, -0.1) is 6.58 Å². The van der Waals surface area contributed by atoms with Crippen molar-refractivity contribution in [2.45, 2.75) is 113 Å². The molecule has 2 saturated heterocycles. The van der Waals surface area contributed by atoms with Gasteiger partial charge >= 0.3 is 18.2 Å². The van der Waals surface area contributed by atoms with Crippen LogP contribution in [0.4, 0.5) is 14.0 Å². The summed E-state index contributed by atoms with van der Waals surface area (Å²) in [6.45, 7) is 7.49. The highest BCUT2D eigenvalue weighted by atomic mass is 32.2. The van der Waals surface area contributed by atoms with Crippen molar-refractivity contribution < 1.29 is 60.6 Å². The second-order valence-electron chi connectivity index (χ2n) is 15.6. The number of nitrogens with zero attached hydrogens (tertiary/aromatic N) is 2. The Morgan fingerprint density at radius 2 is 1.84 bits per heavy atom. The lowest BCUT2D eigenvalue weighted by molar-refractivity contribution is -0.148. The molecule has 6 atom stereocenters. The van der Waals surface area contributed by atoms with Crippen LogP contribution in [-0.2, 0) is 61.3 Å². The maximum atomic E-state index is 14.4. The molecule has 6 amide bonds. The van der Waals surface area contributed by atoms with Crippen molar-refractivity contribution in [3.63, 3.8) is 0 Å². The van der Waals surface area contributed by atoms with Crippen LogP contribution in [0.15, 0.2) is 30.9 Å². The molecular weight excluding hydrogens is 759 g/mol. The first-order valence-electron chi connectivity index (χ1n) is 18.3. The van der Waals surface area contributed by atoms with Crippen LogP contribution in [0.1, 0.15) is 70.4 Å². The molecule has 6 rings (SSSR count). The van der Waals surface area contributed by atoms with Crippen LogP contribution >= 0.6 is 0 Å². The number of benzene rings is 1. The Morgan fingerprint density at radius 1 is 1.11 bits per heavy atom. The van der Waals surface area contributed by atoms with Crippen LogP contribution in [-0.4, -0.2) is 114 Å². The summed E-state index contributed by atoms with van der Waals surface area (Å²) in [7, 11) is -4.00. The van der Waals surface area contributed by atoms with Gasteiger partial charge in [-0.2, -0.15) is 0 Å². The number of nitrogens with one attached hydrogen (secondary N) is 4. The SMILES string of the molecule is C=C[C@@H]1C[C@]1(NC(=O)[C@@H]1CC(OC(=O)N2Cc3cccc(F)c3C2)CN1C(=O)[C@H](CNC(=O)[C@H]1CCC(=O)O1)NC(=O)OC(C)(C)C)C(=O)NS(=O)(=O)C1CC1. The van der Waals surface area contributed by atoms with Gasteiger partial charge in [0.2, 0.25) is 21.8 Å². The highest BCUT2D eigenvalue weighted by Crippen LogP contribution is 2.45. The summed E-state index contributed by atoms with van der Waals surface area (Å²) in [6, 6.07) is 1.44. The Balaban J connectivity index is 1.23. The fraction of sp³-hybridized carbons (Fsp3) is 0.583. The van der Waals surface area contributed by atoms with Crippen LogP contribution in [0.3, 0.4) is 0 Å². The summed E-state index contributed by atoms with van der Waals surface area (Å²) in [6.07, 6.45) is -2.14. The highest BCUT2D eigenvalue weighted by molar-refractivity contribution is 7.91. The van der Waals surface area contributed by atoms with E-state index in [2.05, 4.69) is 27.3 Å². The summed E-state index contributed by atoms with van der Waals surface area (Å²) in [4.78, 5) is 95.1. The van der Waals surface area contributed by atoms with Gasteiger partial charge in [-0.05, 0) is 51.7 Å². The minimum Gasteiger partial charge on any atom is -0.452 e. The average molecular weight is 805 g/mol. The number of amides is 6. The second kappa shape index (κ2) is 15.3. The molecule has 5 aliphatic rings. The van der Waals surface area contributed by atoms with Gasteiger partial charge in [-0.25, -0.2) is 22.4 Å². The number of alkyl carbamates (subject to hydrolysis) is 1. The normalized spacial score (nSPS) is 26.0. The molecule has 20 heteroatoms. The molecule has 2 saturated carbocycles. The van der Waals surface area contributed by atoms with Crippen molar-refractivity contribution in [3.8, 4) is 0 Å². The van der Waals surface area contributed by atoms with Gasteiger partial charge in [0.15, 0.2) is 6.10 Å². The van der Waals surface area contributed by atoms with E-state index in [1.807, 2.05) is 0 Å². The standard InChI is InChI=1S/C36H45FN6O12S/c1-5-20-14-36(20,32(48)41-56(51,52)22-9-10-22)40-29(45)26-13-21(53-34(50)42-16-19-7-6-8-24(37)23(19)18-42)17-43(26)31(47)25(39-33(49)55-35(2,3)4)15-38-30(46)27-11-12-28(44)54-27/h5-8,20-22,25-27H,1,9-18H2,2-4H3,(H,38,46)(H,39,49)(H,40,45)(H,41,48)/t20-,21?,25+,26+,27-,36-/m1/s1. The van der Waals surface area contributed by atoms with Crippen molar-refractivity contribution in [2.24, 2.45) is 5.92 Å². The molecule has 4 N–H and O–H groups in total. The number of rotatable bonds is 12. The molecule has 0 bridgehead atoms. The first-order valence-corrected chi connectivity index (χ1v) is 19.8. The molecule has 56 heavy (non-hydrogen) atoms. The van der Waals surface area contributed by atoms with E-state index in [0.29, 0.717) is 24.0 Å². The molecule has 18 nitrogen and oxygen atoms in total. The van der Waals surface area contributed by atoms with Gasteiger partial charge in [0, 0.05) is 43.8 Å². The van der Waals surface area contributed by atoms with E-state index in [1.54, 1.807) is 26.8 Å². The summed E-state index contributed by atoms with van der Waals surface area (Å²) in [5.41, 5.74) is -1.80. The molecule has 3 heterocycles. The van der Waals surface area contributed by atoms with Crippen molar-refractivity contribution in [1.29, 1.82) is 0 Å². The Hall–Kier alpha value is -5.27. The summed E-state index contributed by atoms with van der Waals surface area (Å²) in [5.74, 6) is -5.24. The largest absolute Gasteiger partial charge is 0.452 e. The third-order valence-electron chi connectivity index (χ3n) is 10.2. The maximum Gasteiger partial charge on any atom is 0.410 e. The van der Waals surface area contributed by atoms with Gasteiger partial charge in [-0.3, -0.25) is 33.6 Å². The molecule has 304 valence electrons. The topological polar surface area (TPSA) is 236 Å². The van der Waals surface area contributed by atoms with Gasteiger partial charge in [0.25, 0.3) is 11.8 Å². The number of carbonyl (C=O) groups excluding carboxylic acids is 7. The van der Waals surface area contributed by atoms with E-state index in [-0.39, 0.29) is 38.8 Å². The molecule has 4 fully saturated rings. The minimum absolute atomic E-state index is 0.0124. The van der Waals surface area contributed by atoms with E-state index in [1.165, 1.54) is 23.1 Å². The summed E-state index contributed by atoms with van der Waals surface area (Å²) < 4.78 is 57.9. The lowest BCUT2D eigenvalue weighted by atomic mass is 10.1. The molecule has 2 aliphatic carbocycles. The van der Waals surface area contributed by atoms with Crippen LogP contribution < -0.4 is 20.7 Å². The van der Waals surface area contributed by atoms with E-state index in [4.69, 9.17) is 14.2 Å². The van der Waals surface area contributed by atoms with E-state index >= 15 is 0 Å². The van der Waals surface area contributed by atoms with Crippen LogP contribution in [0, 0.1) is 11.7 Å². The van der Waals surface area contributed by atoms with Crippen LogP contribution in [0.2, 0.25) is 0 Å². The summed E-state index contributed by atoms with van der Waals surface area (Å²) >= 11 is 0. The number of fused-ring (bicyclic) bond motifs is 1. The number of halogens is 1. The smallest absolute Gasteiger partial charge is 0.410 e. The van der Waals surface area contributed by atoms with E-state index in [0.717, 1.165) is 4.90 Å². The minimum atomic E-state index is -4.00. The van der Waals surface area contributed by atoms with Gasteiger partial charge in [0.05, 0.1) is 18.3 Å². The molecule has 0 aromatic heterocycles. The zero-order chi connectivity index (χ0) is 40.7. The fourth-order valence-electron chi connectivity index (χ4n) is 7.00. The number of hydrogen-bond donors (Lipinski definition) is 4. The third kappa shape index (κ3) is 8.89. The lowest BCUT2D eigenvalue weighted by Gasteiger charge is -2.30. The zero-order valence-electron chi connectivity index (χ0n) is 31.1. The Morgan fingerprint density at radius 3 is 2.45 bits per heavy atom. The van der Waals surface area contributed by atoms with Crippen molar-refractivity contribution in [2.75, 3.05) is 13.1 Å². The Bertz CT molecular complexity index is 1950. The van der Waals surface area contributed by atoms with E-state index < -0.39 is 117 Å². The van der Waals surface area contributed by atoms with Gasteiger partial charge in [0.1, 0.15) is 35.1 Å². The number of sulfonamides is 1. The molecule has 1 unspecified atom stereocenters. The van der Waals surface area contributed by atoms with Crippen molar-refractivity contribution in [3.05, 3.63) is 47.8 Å². The first kappa shape index (κ1) is 40.4. The number of ether oxygens (including phenoxy) is 3. The van der Waals surface area contributed by atoms with Gasteiger partial charge in [-0.1, -0.05) is 18.2 Å². The number of cyclic esters (lactones) is 1. The summed E-state index contributed by atoms with van der Waals surface area (Å²) in [5, 5.41) is 6.80. The number of likely N-dealkylation sites (tertiary alicyclic amines) is 1. The molecule has 0 radical (unpaired) electrons. The van der Waals surface area contributed by atoms with Crippen molar-refractivity contribution in [1.82, 2.24) is 30.5 Å². The average Bonchev–Trinajstić information content (AvgIpc) is 3.94. The fourth-order valence-corrected chi connectivity index (χ4v) is 8.36. The quantitative estimate of drug-likeness (QED) is 0.129. The molecule has 3 aliphatic heterocycles. The highest BCUT2D eigenvalue weighted by Gasteiger charge is 2.62. The van der Waals surface area contributed by atoms with Crippen LogP contribution in [0.25, 0.3) is 0 Å². The van der Waals surface area contributed by atoms with E-state index in [9.17, 15) is 46.4 Å². The molecule has 0 spiro atoms. The third-order valence-corrected chi connectivity index (χ3v) is 12.0. The zero-order valence-corrected chi connectivity index (χ0v) is 31.9. The first-order chi connectivity index (χ1) is 26.3. The number of hydrogen-bond acceptors (Lipinski definition) is 12. The maximum absolute atomic E-state index is 14.4. The van der Waals surface area contributed by atoms with Crippen molar-refractivity contribution >= 4 is 51.8 Å². The Kier molecular flexibility index (Phi) is 11.1. The molecule has 1 aromatic rings.